The quantitative estimate of drug-likeness (QED) is 0.926. The Morgan fingerprint density at radius 1 is 1.56 bits per heavy atom. The number of carbonyl (C=O) groups is 1. The van der Waals surface area contributed by atoms with Crippen LogP contribution in [0, 0.1) is 5.92 Å². The van der Waals surface area contributed by atoms with Gasteiger partial charge < -0.3 is 10.2 Å². The number of carbonyl (C=O) groups excluding carboxylic acids is 1. The zero-order chi connectivity index (χ0) is 12.3. The highest BCUT2D eigenvalue weighted by Gasteiger charge is 2.25. The highest BCUT2D eigenvalue weighted by Crippen LogP contribution is 2.15. The van der Waals surface area contributed by atoms with E-state index in [-0.39, 0.29) is 24.2 Å². The van der Waals surface area contributed by atoms with E-state index in [2.05, 4.69) is 5.32 Å². The van der Waals surface area contributed by atoms with Gasteiger partial charge in [-0.25, -0.2) is 0 Å². The van der Waals surface area contributed by atoms with Crippen molar-refractivity contribution in [2.45, 2.75) is 13.0 Å². The Balaban J connectivity index is 0.00000162. The maximum absolute atomic E-state index is 12.1. The van der Waals surface area contributed by atoms with Gasteiger partial charge in [0, 0.05) is 25.2 Å². The smallest absolute Gasteiger partial charge is 0.227 e. The summed E-state index contributed by atoms with van der Waals surface area (Å²) in [6, 6.07) is 7.64. The minimum Gasteiger partial charge on any atom is -0.341 e. The highest BCUT2D eigenvalue weighted by atomic mass is 35.5. The van der Waals surface area contributed by atoms with Crippen molar-refractivity contribution in [1.82, 2.24) is 10.2 Å². The fourth-order valence-electron chi connectivity index (χ4n) is 2.16. The van der Waals surface area contributed by atoms with Crippen LogP contribution in [0.15, 0.2) is 24.3 Å². The van der Waals surface area contributed by atoms with Gasteiger partial charge in [0.1, 0.15) is 0 Å². The molecule has 100 valence electrons. The Morgan fingerprint density at radius 2 is 2.33 bits per heavy atom. The summed E-state index contributed by atoms with van der Waals surface area (Å²) in [5.41, 5.74) is 1.07. The van der Waals surface area contributed by atoms with Gasteiger partial charge >= 0.3 is 0 Å². The van der Waals surface area contributed by atoms with Crippen LogP contribution in [0.2, 0.25) is 5.02 Å². The molecule has 1 aromatic carbocycles. The molecule has 0 saturated carbocycles. The third kappa shape index (κ3) is 3.87. The summed E-state index contributed by atoms with van der Waals surface area (Å²) in [6.07, 6.45) is 0.943. The molecule has 1 heterocycles. The summed E-state index contributed by atoms with van der Waals surface area (Å²) < 4.78 is 0. The van der Waals surface area contributed by atoms with Crippen LogP contribution in [-0.4, -0.2) is 30.9 Å². The summed E-state index contributed by atoms with van der Waals surface area (Å²) in [4.78, 5) is 13.9. The van der Waals surface area contributed by atoms with Gasteiger partial charge in [0.05, 0.1) is 5.92 Å². The van der Waals surface area contributed by atoms with Crippen molar-refractivity contribution in [3.8, 4) is 0 Å². The number of benzene rings is 1. The SMILES string of the molecule is CN(Cc1cccc(Cl)c1)C(=O)C1CCNC1.Cl. The number of amides is 1. The van der Waals surface area contributed by atoms with Crippen LogP contribution >= 0.6 is 24.0 Å². The van der Waals surface area contributed by atoms with Crippen molar-refractivity contribution in [1.29, 1.82) is 0 Å². The first-order valence-corrected chi connectivity index (χ1v) is 6.25. The zero-order valence-corrected chi connectivity index (χ0v) is 11.9. The first-order valence-electron chi connectivity index (χ1n) is 5.87. The summed E-state index contributed by atoms with van der Waals surface area (Å²) in [5.74, 6) is 0.356. The van der Waals surface area contributed by atoms with Crippen LogP contribution < -0.4 is 5.32 Å². The van der Waals surface area contributed by atoms with E-state index >= 15 is 0 Å². The van der Waals surface area contributed by atoms with Crippen molar-refractivity contribution >= 4 is 29.9 Å². The van der Waals surface area contributed by atoms with Gasteiger partial charge in [-0.05, 0) is 30.7 Å². The molecule has 1 aliphatic heterocycles. The van der Waals surface area contributed by atoms with Crippen LogP contribution in [0.4, 0.5) is 0 Å². The molecule has 1 aliphatic rings. The summed E-state index contributed by atoms with van der Waals surface area (Å²) in [7, 11) is 1.85. The summed E-state index contributed by atoms with van der Waals surface area (Å²) >= 11 is 5.92. The molecule has 3 nitrogen and oxygen atoms in total. The lowest BCUT2D eigenvalue weighted by molar-refractivity contribution is -0.134. The Bertz CT molecular complexity index is 406. The molecule has 1 aromatic rings. The predicted molar refractivity (Wildman–Crippen MR) is 76.2 cm³/mol. The van der Waals surface area contributed by atoms with Crippen LogP contribution in [-0.2, 0) is 11.3 Å². The van der Waals surface area contributed by atoms with E-state index in [0.717, 1.165) is 25.1 Å². The molecule has 0 spiro atoms. The molecule has 1 atom stereocenters. The zero-order valence-electron chi connectivity index (χ0n) is 10.4. The topological polar surface area (TPSA) is 32.3 Å². The van der Waals surface area contributed by atoms with Gasteiger partial charge in [-0.2, -0.15) is 0 Å². The van der Waals surface area contributed by atoms with Crippen molar-refractivity contribution < 1.29 is 4.79 Å². The maximum atomic E-state index is 12.1. The first-order chi connectivity index (χ1) is 8.16. The Labute approximate surface area is 119 Å². The molecule has 0 bridgehead atoms. The Hall–Kier alpha value is -0.770. The van der Waals surface area contributed by atoms with Crippen LogP contribution in [0.5, 0.6) is 0 Å². The standard InChI is InChI=1S/C13H17ClN2O.ClH/c1-16(13(17)11-5-6-15-8-11)9-10-3-2-4-12(14)7-10;/h2-4,7,11,15H,5-6,8-9H2,1H3;1H. The van der Waals surface area contributed by atoms with Gasteiger partial charge in [0.2, 0.25) is 5.91 Å². The average Bonchev–Trinajstić information content (AvgIpc) is 2.81. The molecule has 1 amide bonds. The number of hydrogen-bond donors (Lipinski definition) is 1. The predicted octanol–water partition coefficient (Wildman–Crippen LogP) is 2.33. The van der Waals surface area contributed by atoms with E-state index in [1.807, 2.05) is 31.3 Å². The maximum Gasteiger partial charge on any atom is 0.227 e. The molecule has 0 radical (unpaired) electrons. The summed E-state index contributed by atoms with van der Waals surface area (Å²) in [5, 5.41) is 3.93. The lowest BCUT2D eigenvalue weighted by Gasteiger charge is -2.20. The third-order valence-corrected chi connectivity index (χ3v) is 3.33. The fraction of sp³-hybridized carbons (Fsp3) is 0.462. The number of rotatable bonds is 3. The molecule has 1 N–H and O–H groups in total. The van der Waals surface area contributed by atoms with E-state index in [1.54, 1.807) is 4.90 Å². The minimum absolute atomic E-state index is 0. The van der Waals surface area contributed by atoms with Crippen molar-refractivity contribution in [2.75, 3.05) is 20.1 Å². The molecule has 1 saturated heterocycles. The summed E-state index contributed by atoms with van der Waals surface area (Å²) in [6.45, 7) is 2.37. The second-order valence-electron chi connectivity index (χ2n) is 4.51. The van der Waals surface area contributed by atoms with Gasteiger partial charge in [0.15, 0.2) is 0 Å². The lowest BCUT2D eigenvalue weighted by atomic mass is 10.1. The largest absolute Gasteiger partial charge is 0.341 e. The number of hydrogen-bond acceptors (Lipinski definition) is 2. The van der Waals surface area contributed by atoms with Gasteiger partial charge in [-0.15, -0.1) is 12.4 Å². The van der Waals surface area contributed by atoms with Crippen LogP contribution in [0.1, 0.15) is 12.0 Å². The normalized spacial score (nSPS) is 18.2. The van der Waals surface area contributed by atoms with E-state index in [9.17, 15) is 4.79 Å². The molecule has 2 rings (SSSR count). The minimum atomic E-state index is 0. The van der Waals surface area contributed by atoms with E-state index in [4.69, 9.17) is 11.6 Å². The fourth-order valence-corrected chi connectivity index (χ4v) is 2.38. The molecule has 1 unspecified atom stereocenters. The van der Waals surface area contributed by atoms with Crippen LogP contribution in [0.25, 0.3) is 0 Å². The van der Waals surface area contributed by atoms with Gasteiger partial charge in [-0.1, -0.05) is 23.7 Å². The molecule has 0 aliphatic carbocycles. The number of nitrogens with one attached hydrogen (secondary N) is 1. The van der Waals surface area contributed by atoms with Gasteiger partial charge in [0.25, 0.3) is 0 Å². The third-order valence-electron chi connectivity index (χ3n) is 3.09. The highest BCUT2D eigenvalue weighted by molar-refractivity contribution is 6.30. The second-order valence-corrected chi connectivity index (χ2v) is 4.95. The molecule has 5 heteroatoms. The monoisotopic (exact) mass is 288 g/mol. The number of halogens is 2. The Kier molecular flexibility index (Phi) is 5.93. The Morgan fingerprint density at radius 3 is 2.94 bits per heavy atom. The van der Waals surface area contributed by atoms with Crippen molar-refractivity contribution in [3.63, 3.8) is 0 Å². The first kappa shape index (κ1) is 15.3. The van der Waals surface area contributed by atoms with Gasteiger partial charge in [-0.3, -0.25) is 4.79 Å². The van der Waals surface area contributed by atoms with E-state index < -0.39 is 0 Å². The molecule has 0 aromatic heterocycles. The van der Waals surface area contributed by atoms with E-state index in [1.165, 1.54) is 0 Å². The lowest BCUT2D eigenvalue weighted by Crippen LogP contribution is -2.33. The molecular weight excluding hydrogens is 271 g/mol. The second kappa shape index (κ2) is 6.98. The molecular formula is C13H18Cl2N2O. The van der Waals surface area contributed by atoms with Crippen molar-refractivity contribution in [3.05, 3.63) is 34.9 Å². The van der Waals surface area contributed by atoms with Crippen LogP contribution in [0.3, 0.4) is 0 Å². The average molecular weight is 289 g/mol. The van der Waals surface area contributed by atoms with E-state index in [0.29, 0.717) is 11.6 Å². The van der Waals surface area contributed by atoms with Crippen molar-refractivity contribution in [2.24, 2.45) is 5.92 Å². The molecule has 18 heavy (non-hydrogen) atoms. The number of nitrogens with zero attached hydrogens (tertiary/aromatic N) is 1. The molecule has 1 fully saturated rings.